The van der Waals surface area contributed by atoms with Crippen molar-refractivity contribution in [2.75, 3.05) is 11.9 Å². The van der Waals surface area contributed by atoms with Crippen molar-refractivity contribution in [3.8, 4) is 5.75 Å². The Kier molecular flexibility index (Phi) is 8.76. The van der Waals surface area contributed by atoms with Gasteiger partial charge in [-0.15, -0.1) is 0 Å². The standard InChI is InChI=1S/C21H16Cl2N2O4.Li/c22-13-4-6-16(18(23)11-13)20(26)25-19-7-5-15(12-17(19)21(27)28)29-10-8-14-3-1-2-9-24-14;/h1-7,9,11-12H,8,10H2,(H,25,26)(H,27,28);/q;+1/p-1. The van der Waals surface area contributed by atoms with E-state index >= 15 is 0 Å². The van der Waals surface area contributed by atoms with Crippen LogP contribution in [0.5, 0.6) is 5.75 Å². The maximum Gasteiger partial charge on any atom is 1.00 e. The third kappa shape index (κ3) is 6.25. The number of hydrogen-bond donors (Lipinski definition) is 1. The Labute approximate surface area is 195 Å². The number of ether oxygens (including phenoxy) is 1. The van der Waals surface area contributed by atoms with E-state index in [1.54, 1.807) is 12.3 Å². The second kappa shape index (κ2) is 11.0. The average molecular weight is 437 g/mol. The van der Waals surface area contributed by atoms with Crippen molar-refractivity contribution in [1.82, 2.24) is 4.98 Å². The number of nitrogens with one attached hydrogen (secondary N) is 1. The summed E-state index contributed by atoms with van der Waals surface area (Å²) in [6, 6.07) is 14.3. The largest absolute Gasteiger partial charge is 1.00 e. The first-order valence-electron chi connectivity index (χ1n) is 8.58. The number of amides is 1. The summed E-state index contributed by atoms with van der Waals surface area (Å²) in [6.07, 6.45) is 2.25. The van der Waals surface area contributed by atoms with Crippen LogP contribution in [0.2, 0.25) is 10.0 Å². The van der Waals surface area contributed by atoms with Crippen LogP contribution in [-0.2, 0) is 6.42 Å². The van der Waals surface area contributed by atoms with E-state index in [0.717, 1.165) is 5.69 Å². The van der Waals surface area contributed by atoms with Crippen LogP contribution in [-0.4, -0.2) is 23.5 Å². The molecule has 30 heavy (non-hydrogen) atoms. The average Bonchev–Trinajstić information content (AvgIpc) is 2.69. The summed E-state index contributed by atoms with van der Waals surface area (Å²) in [5, 5.41) is 14.6. The van der Waals surface area contributed by atoms with Gasteiger partial charge in [0.1, 0.15) is 5.75 Å². The molecule has 1 N–H and O–H groups in total. The number of carboxylic acids is 1. The van der Waals surface area contributed by atoms with Gasteiger partial charge in [0.25, 0.3) is 5.91 Å². The summed E-state index contributed by atoms with van der Waals surface area (Å²) in [5.41, 5.74) is 0.879. The number of aromatic carboxylic acids is 1. The Balaban J connectivity index is 0.00000320. The molecule has 0 aliphatic heterocycles. The number of anilines is 1. The fourth-order valence-electron chi connectivity index (χ4n) is 2.57. The van der Waals surface area contributed by atoms with Crippen LogP contribution < -0.4 is 34.0 Å². The Hall–Kier alpha value is -2.49. The Morgan fingerprint density at radius 2 is 1.83 bits per heavy atom. The van der Waals surface area contributed by atoms with Gasteiger partial charge in [0, 0.05) is 28.9 Å². The van der Waals surface area contributed by atoms with Crippen LogP contribution in [0.3, 0.4) is 0 Å². The zero-order chi connectivity index (χ0) is 20.8. The fourth-order valence-corrected chi connectivity index (χ4v) is 3.07. The minimum atomic E-state index is -1.45. The molecular weight excluding hydrogens is 422 g/mol. The number of halogens is 2. The van der Waals surface area contributed by atoms with Crippen molar-refractivity contribution >= 4 is 40.8 Å². The van der Waals surface area contributed by atoms with Crippen LogP contribution in [0.15, 0.2) is 60.8 Å². The maximum absolute atomic E-state index is 12.4. The smallest absolute Gasteiger partial charge is 0.545 e. The molecule has 0 fully saturated rings. The molecule has 148 valence electrons. The molecule has 6 nitrogen and oxygen atoms in total. The normalized spacial score (nSPS) is 10.1. The second-order valence-electron chi connectivity index (χ2n) is 5.99. The van der Waals surface area contributed by atoms with E-state index in [1.165, 1.54) is 30.3 Å². The molecule has 1 amide bonds. The monoisotopic (exact) mass is 436 g/mol. The number of carbonyl (C=O) groups is 2. The van der Waals surface area contributed by atoms with Gasteiger partial charge in [-0.1, -0.05) is 29.3 Å². The molecular formula is C21H15Cl2LiN2O4. The number of pyridine rings is 1. The minimum Gasteiger partial charge on any atom is -0.545 e. The van der Waals surface area contributed by atoms with Crippen molar-refractivity contribution < 1.29 is 38.3 Å². The molecule has 0 aliphatic rings. The van der Waals surface area contributed by atoms with Gasteiger partial charge < -0.3 is 20.0 Å². The summed E-state index contributed by atoms with van der Waals surface area (Å²) in [6.45, 7) is 0.315. The molecule has 3 rings (SSSR count). The zero-order valence-corrected chi connectivity index (χ0v) is 17.5. The van der Waals surface area contributed by atoms with Crippen molar-refractivity contribution in [1.29, 1.82) is 0 Å². The number of nitrogens with zero attached hydrogens (tertiary/aromatic N) is 1. The number of rotatable bonds is 7. The van der Waals surface area contributed by atoms with E-state index in [9.17, 15) is 14.7 Å². The van der Waals surface area contributed by atoms with E-state index in [-0.39, 0.29) is 40.7 Å². The molecule has 0 atom stereocenters. The van der Waals surface area contributed by atoms with Crippen LogP contribution >= 0.6 is 23.2 Å². The van der Waals surface area contributed by atoms with Gasteiger partial charge in [-0.3, -0.25) is 9.78 Å². The summed E-state index contributed by atoms with van der Waals surface area (Å²) >= 11 is 11.9. The molecule has 2 aromatic carbocycles. The zero-order valence-electron chi connectivity index (χ0n) is 16.0. The number of benzene rings is 2. The van der Waals surface area contributed by atoms with Crippen LogP contribution in [0.1, 0.15) is 26.4 Å². The molecule has 0 saturated heterocycles. The Bertz CT molecular complexity index is 1050. The van der Waals surface area contributed by atoms with E-state index < -0.39 is 11.9 Å². The topological polar surface area (TPSA) is 91.3 Å². The molecule has 3 aromatic rings. The van der Waals surface area contributed by atoms with Gasteiger partial charge in [0.2, 0.25) is 0 Å². The van der Waals surface area contributed by atoms with E-state index in [0.29, 0.717) is 23.8 Å². The fraction of sp³-hybridized carbons (Fsp3) is 0.0952. The van der Waals surface area contributed by atoms with Crippen molar-refractivity contribution in [3.05, 3.63) is 87.7 Å². The first-order valence-corrected chi connectivity index (χ1v) is 9.34. The number of aromatic nitrogens is 1. The molecule has 0 spiro atoms. The van der Waals surface area contributed by atoms with Gasteiger partial charge in [-0.2, -0.15) is 0 Å². The van der Waals surface area contributed by atoms with Gasteiger partial charge in [0.15, 0.2) is 0 Å². The molecule has 1 heterocycles. The molecule has 0 bridgehead atoms. The number of hydrogen-bond acceptors (Lipinski definition) is 5. The Morgan fingerprint density at radius 3 is 2.50 bits per heavy atom. The van der Waals surface area contributed by atoms with Gasteiger partial charge >= 0.3 is 18.9 Å². The molecule has 0 aliphatic carbocycles. The van der Waals surface area contributed by atoms with Crippen molar-refractivity contribution in [3.63, 3.8) is 0 Å². The van der Waals surface area contributed by atoms with Gasteiger partial charge in [-0.25, -0.2) is 0 Å². The second-order valence-corrected chi connectivity index (χ2v) is 6.84. The number of carboxylic acid groups (broad SMARTS) is 1. The SMILES string of the molecule is O=C(Nc1ccc(OCCc2ccccn2)cc1C(=O)[O-])c1ccc(Cl)cc1Cl.[Li+]. The van der Waals surface area contributed by atoms with Crippen LogP contribution in [0.25, 0.3) is 0 Å². The van der Waals surface area contributed by atoms with Gasteiger partial charge in [0.05, 0.1) is 28.8 Å². The predicted octanol–water partition coefficient (Wildman–Crippen LogP) is 0.630. The molecule has 0 unspecified atom stereocenters. The third-order valence-corrected chi connectivity index (χ3v) is 4.54. The van der Waals surface area contributed by atoms with Crippen molar-refractivity contribution in [2.24, 2.45) is 0 Å². The summed E-state index contributed by atoms with van der Waals surface area (Å²) < 4.78 is 5.60. The first kappa shape index (κ1) is 23.8. The third-order valence-electron chi connectivity index (χ3n) is 3.99. The van der Waals surface area contributed by atoms with E-state index in [2.05, 4.69) is 10.3 Å². The molecule has 0 saturated carbocycles. The number of carbonyl (C=O) groups excluding carboxylic acids is 2. The van der Waals surface area contributed by atoms with Crippen molar-refractivity contribution in [2.45, 2.75) is 6.42 Å². The predicted molar refractivity (Wildman–Crippen MR) is 109 cm³/mol. The van der Waals surface area contributed by atoms with Crippen LogP contribution in [0, 0.1) is 0 Å². The first-order chi connectivity index (χ1) is 13.9. The summed E-state index contributed by atoms with van der Waals surface area (Å²) in [5.74, 6) is -1.68. The molecule has 9 heteroatoms. The summed E-state index contributed by atoms with van der Waals surface area (Å²) in [4.78, 5) is 28.2. The maximum atomic E-state index is 12.4. The molecule has 1 aromatic heterocycles. The van der Waals surface area contributed by atoms with Crippen LogP contribution in [0.4, 0.5) is 5.69 Å². The van der Waals surface area contributed by atoms with Gasteiger partial charge in [-0.05, 0) is 48.5 Å². The summed E-state index contributed by atoms with van der Waals surface area (Å²) in [7, 11) is 0. The Morgan fingerprint density at radius 1 is 1.03 bits per heavy atom. The molecule has 0 radical (unpaired) electrons. The quantitative estimate of drug-likeness (QED) is 0.548. The van der Waals surface area contributed by atoms with E-state index in [1.807, 2.05) is 18.2 Å². The minimum absolute atomic E-state index is 0. The van der Waals surface area contributed by atoms with E-state index in [4.69, 9.17) is 27.9 Å².